The number of carbonyl (C=O) groups excluding carboxylic acids is 3. The van der Waals surface area contributed by atoms with Crippen molar-refractivity contribution in [1.82, 2.24) is 69.8 Å². The molecule has 4 aliphatic rings. The number of imidazole rings is 2. The first kappa shape index (κ1) is 70.0. The van der Waals surface area contributed by atoms with Gasteiger partial charge in [-0.15, -0.1) is 0 Å². The summed E-state index contributed by atoms with van der Waals surface area (Å²) >= 11 is 19.3. The van der Waals surface area contributed by atoms with Gasteiger partial charge in [0.15, 0.2) is 17.5 Å². The Balaban J connectivity index is 0.000000151. The quantitative estimate of drug-likeness (QED) is 0.0343. The largest absolute Gasteiger partial charge is 0.496 e. The van der Waals surface area contributed by atoms with Crippen LogP contribution in [-0.4, -0.2) is 109 Å². The fourth-order valence-electron chi connectivity index (χ4n) is 12.7. The van der Waals surface area contributed by atoms with Crippen molar-refractivity contribution in [2.75, 3.05) is 53.2 Å². The maximum atomic E-state index is 13.7. The van der Waals surface area contributed by atoms with Crippen LogP contribution in [0.25, 0.3) is 34.9 Å². The molecule has 29 heteroatoms. The Kier molecular flexibility index (Phi) is 21.1. The predicted molar refractivity (Wildman–Crippen MR) is 384 cm³/mol. The molecule has 9 N–H and O–H groups in total. The summed E-state index contributed by atoms with van der Waals surface area (Å²) in [5.74, 6) is 5.01. The van der Waals surface area contributed by atoms with E-state index in [2.05, 4.69) is 83.6 Å². The summed E-state index contributed by atoms with van der Waals surface area (Å²) in [5.41, 5.74) is 30.2. The highest BCUT2D eigenvalue weighted by Crippen LogP contribution is 2.45. The molecule has 0 unspecified atom stereocenters. The van der Waals surface area contributed by atoms with E-state index < -0.39 is 0 Å². The Morgan fingerprint density at radius 2 is 0.909 bits per heavy atom. The van der Waals surface area contributed by atoms with Crippen LogP contribution in [0.5, 0.6) is 17.2 Å². The number of rotatable bonds is 18. The number of aromatic nitrogens is 14. The number of nitrogens with two attached hydrogens (primary N) is 3. The van der Waals surface area contributed by atoms with Gasteiger partial charge in [0, 0.05) is 87.6 Å². The fraction of sp³-hybridized carbons (Fsp3) is 0.343. The Labute approximate surface area is 587 Å². The minimum absolute atomic E-state index is 0.00107. The molecule has 1 fully saturated rings. The molecule has 13 rings (SSSR count). The SMILES string of the molecule is COc1c(C)cnc(CN2C(=O)/C(=C\c3ccc[nH]3)c3c(Cl)nc(N)nc32)c1C.COc1c(C)cnc(CN2C(=O)/C(=C\c3ncc(CCC(C)C)[nH]3)c3c(Cl)nc(N)nc32)c1C.COc1c(C)cnc(CN2C(=O)/C(=C\c3ncc(CCC4CCCC4)[nH]3)c3c(Cl)nc(N)nc32)c1C. The topological polar surface area (TPSA) is 356 Å². The highest BCUT2D eigenvalue weighted by Gasteiger charge is 2.41. The lowest BCUT2D eigenvalue weighted by atomic mass is 10.0. The first-order chi connectivity index (χ1) is 47.4. The second-order valence-electron chi connectivity index (χ2n) is 25.0. The second-order valence-corrected chi connectivity index (χ2v) is 26.1. The number of methoxy groups -OCH3 is 3. The third kappa shape index (κ3) is 14.8. The van der Waals surface area contributed by atoms with Crippen molar-refractivity contribution in [2.24, 2.45) is 11.8 Å². The van der Waals surface area contributed by atoms with Crippen molar-refractivity contribution < 1.29 is 28.6 Å². The third-order valence-corrected chi connectivity index (χ3v) is 18.7. The van der Waals surface area contributed by atoms with Gasteiger partial charge in [-0.05, 0) is 109 Å². The number of nitrogens with zero attached hydrogens (tertiary/aromatic N) is 14. The minimum Gasteiger partial charge on any atom is -0.496 e. The standard InChI is InChI=1S/C26H30ClN7O2.C24H28ClN7O2.C20H19ClN6O2/c1-14-11-29-19(15(2)22(14)36-3)13-34-24-21(23(27)32-26(28)33-24)18(25(34)35)10-20-30-12-17(31-20)9-8-16-6-4-5-7-16;1-12(2)6-7-15-10-28-18(29-15)8-16-19-21(25)30-24(26)31-22(19)32(23(16)33)11-17-14(4)20(34-5)13(3)9-27-17;1-10-8-24-14(11(2)16(10)29-3)9-27-18-15(17(21)25-20(22)26-18)13(19(27)28)7-12-5-4-6-23-12/h10-12,16H,4-9,13H2,1-3H3,(H,30,31)(H2,28,32,33);8-10,12H,6-7,11H2,1-5H3,(H,28,29)(H2,26,30,31);4-8,23H,9H2,1-3H3,(H2,22,25,26)/b18-10-;16-8-;13-7-. The van der Waals surface area contributed by atoms with Crippen LogP contribution in [0.2, 0.25) is 15.5 Å². The van der Waals surface area contributed by atoms with Crippen LogP contribution >= 0.6 is 34.8 Å². The molecule has 12 heterocycles. The number of amides is 3. The molecular weight excluding hydrogens is 1320 g/mol. The summed E-state index contributed by atoms with van der Waals surface area (Å²) in [7, 11) is 4.85. The number of nitrogens with one attached hydrogen (secondary N) is 3. The summed E-state index contributed by atoms with van der Waals surface area (Å²) in [5, 5.41) is 0.369. The van der Waals surface area contributed by atoms with E-state index in [9.17, 15) is 14.4 Å². The Morgan fingerprint density at radius 3 is 1.26 bits per heavy atom. The fourth-order valence-corrected chi connectivity index (χ4v) is 13.6. The van der Waals surface area contributed by atoms with Crippen molar-refractivity contribution in [1.29, 1.82) is 0 Å². The van der Waals surface area contributed by atoms with E-state index in [1.54, 1.807) is 70.5 Å². The van der Waals surface area contributed by atoms with Crippen molar-refractivity contribution >= 4 is 123 Å². The zero-order chi connectivity index (χ0) is 70.7. The first-order valence-corrected chi connectivity index (χ1v) is 33.4. The molecule has 0 spiro atoms. The molecule has 9 aromatic heterocycles. The normalized spacial score (nSPS) is 15.3. The van der Waals surface area contributed by atoms with E-state index in [4.69, 9.17) is 66.2 Å². The van der Waals surface area contributed by atoms with E-state index in [-0.39, 0.29) is 70.7 Å². The first-order valence-electron chi connectivity index (χ1n) is 32.2. The summed E-state index contributed by atoms with van der Waals surface area (Å²) in [4.78, 5) is 102. The van der Waals surface area contributed by atoms with E-state index >= 15 is 0 Å². The summed E-state index contributed by atoms with van der Waals surface area (Å²) < 4.78 is 16.5. The highest BCUT2D eigenvalue weighted by atomic mass is 35.5. The molecule has 26 nitrogen and oxygen atoms in total. The molecule has 0 saturated heterocycles. The van der Waals surface area contributed by atoms with Gasteiger partial charge in [0.2, 0.25) is 17.8 Å². The van der Waals surface area contributed by atoms with Crippen molar-refractivity contribution in [2.45, 2.75) is 126 Å². The van der Waals surface area contributed by atoms with Gasteiger partial charge >= 0.3 is 0 Å². The number of carbonyl (C=O) groups is 3. The average Bonchev–Trinajstić information content (AvgIpc) is 1.62. The lowest BCUT2D eigenvalue weighted by Crippen LogP contribution is -2.27. The molecule has 0 atom stereocenters. The molecule has 99 heavy (non-hydrogen) atoms. The molecule has 3 amide bonds. The predicted octanol–water partition coefficient (Wildman–Crippen LogP) is 11.9. The van der Waals surface area contributed by atoms with E-state index in [0.29, 0.717) is 85.5 Å². The average molecular weight is 1400 g/mol. The zero-order valence-electron chi connectivity index (χ0n) is 56.9. The van der Waals surface area contributed by atoms with Crippen molar-refractivity contribution in [3.63, 3.8) is 0 Å². The molecule has 0 bridgehead atoms. The number of ether oxygens (including phenoxy) is 3. The third-order valence-electron chi connectivity index (χ3n) is 17.8. The van der Waals surface area contributed by atoms with Crippen LogP contribution in [0.1, 0.15) is 148 Å². The number of nitrogen functional groups attached to an aromatic ring is 3. The number of H-pyrrole nitrogens is 3. The Bertz CT molecular complexity index is 4690. The highest BCUT2D eigenvalue weighted by molar-refractivity contribution is 6.43. The van der Waals surface area contributed by atoms with Crippen LogP contribution in [0.15, 0.2) is 49.3 Å². The van der Waals surface area contributed by atoms with E-state index in [1.165, 1.54) is 40.4 Å². The van der Waals surface area contributed by atoms with Gasteiger partial charge in [0.25, 0.3) is 17.7 Å². The number of aryl methyl sites for hydroxylation is 5. The van der Waals surface area contributed by atoms with Crippen LogP contribution in [0.3, 0.4) is 0 Å². The van der Waals surface area contributed by atoms with Gasteiger partial charge in [-0.25, -0.2) is 24.9 Å². The number of hydrogen-bond acceptors (Lipinski definition) is 20. The van der Waals surface area contributed by atoms with Gasteiger partial charge in [-0.1, -0.05) is 74.3 Å². The van der Waals surface area contributed by atoms with Gasteiger partial charge in [0.05, 0.1) is 91.5 Å². The van der Waals surface area contributed by atoms with E-state index in [1.807, 2.05) is 59.9 Å². The zero-order valence-corrected chi connectivity index (χ0v) is 59.1. The molecule has 0 aromatic carbocycles. The summed E-state index contributed by atoms with van der Waals surface area (Å²) in [6, 6.07) is 3.70. The smallest absolute Gasteiger partial charge is 0.260 e. The molecule has 3 aliphatic heterocycles. The maximum Gasteiger partial charge on any atom is 0.260 e. The number of aromatic amines is 3. The Hall–Kier alpha value is -10.3. The second kappa shape index (κ2) is 29.8. The molecule has 9 aromatic rings. The molecule has 1 aliphatic carbocycles. The van der Waals surface area contributed by atoms with E-state index in [0.717, 1.165) is 99.3 Å². The maximum absolute atomic E-state index is 13.7. The lowest BCUT2D eigenvalue weighted by molar-refractivity contribution is -0.113. The van der Waals surface area contributed by atoms with Crippen LogP contribution < -0.4 is 46.1 Å². The van der Waals surface area contributed by atoms with Gasteiger partial charge in [0.1, 0.15) is 44.4 Å². The van der Waals surface area contributed by atoms with Crippen molar-refractivity contribution in [3.8, 4) is 17.2 Å². The molecular formula is C70H77Cl3N20O6. The lowest BCUT2D eigenvalue weighted by Gasteiger charge is -2.19. The number of hydrogen-bond donors (Lipinski definition) is 6. The van der Waals surface area contributed by atoms with Gasteiger partial charge < -0.3 is 46.4 Å². The van der Waals surface area contributed by atoms with Crippen molar-refractivity contribution in [3.05, 3.63) is 161 Å². The van der Waals surface area contributed by atoms with Gasteiger partial charge in [-0.3, -0.25) is 44.0 Å². The van der Waals surface area contributed by atoms with Crippen LogP contribution in [0, 0.1) is 53.4 Å². The van der Waals surface area contributed by atoms with Crippen LogP contribution in [-0.2, 0) is 46.9 Å². The minimum atomic E-state index is -0.280. The Morgan fingerprint density at radius 1 is 0.535 bits per heavy atom. The molecule has 514 valence electrons. The van der Waals surface area contributed by atoms with Gasteiger partial charge in [-0.2, -0.15) is 15.0 Å². The number of halogens is 3. The number of fused-ring (bicyclic) bond motifs is 3. The molecule has 0 radical (unpaired) electrons. The molecule has 1 saturated carbocycles. The summed E-state index contributed by atoms with van der Waals surface area (Å²) in [6.45, 7) is 16.4. The number of pyridine rings is 3. The summed E-state index contributed by atoms with van der Waals surface area (Å²) in [6.07, 6.45) is 25.0. The number of anilines is 6. The van der Waals surface area contributed by atoms with Crippen LogP contribution in [0.4, 0.5) is 35.3 Å². The monoisotopic (exact) mass is 1400 g/mol.